The topological polar surface area (TPSA) is 325 Å². The van der Waals surface area contributed by atoms with Crippen LogP contribution in [0, 0.1) is 11.3 Å². The first-order chi connectivity index (χ1) is 18.2. The predicted molar refractivity (Wildman–Crippen MR) is 131 cm³/mol. The van der Waals surface area contributed by atoms with Gasteiger partial charge in [0.2, 0.25) is 0 Å². The molecule has 15 atom stereocenters. The van der Waals surface area contributed by atoms with Crippen molar-refractivity contribution in [1.29, 1.82) is 5.41 Å². The lowest BCUT2D eigenvalue weighted by molar-refractivity contribution is -0.264. The lowest BCUT2D eigenvalue weighted by Gasteiger charge is -2.48. The highest BCUT2D eigenvalue weighted by Gasteiger charge is 2.63. The number of likely N-dealkylation sites (N-methyl/N-ethyl adjacent to an activating group) is 1. The molecule has 3 rings (SSSR count). The summed E-state index contributed by atoms with van der Waals surface area (Å²) in [6.45, 7) is 0.647. The number of carbonyl (C=O) groups excluding carboxylic acids is 1. The van der Waals surface area contributed by atoms with Gasteiger partial charge in [0.1, 0.15) is 48.8 Å². The van der Waals surface area contributed by atoms with Gasteiger partial charge in [-0.2, -0.15) is 0 Å². The molecule has 0 aromatic rings. The molecular weight excluding hydrogens is 526 g/mol. The zero-order valence-corrected chi connectivity index (χ0v) is 21.3. The molecule has 224 valence electrons. The van der Waals surface area contributed by atoms with E-state index in [2.05, 4.69) is 15.6 Å². The highest BCUT2D eigenvalue weighted by atomic mass is 16.7. The van der Waals surface area contributed by atoms with Crippen LogP contribution in [0.15, 0.2) is 4.99 Å². The third-order valence-electron chi connectivity index (χ3n) is 7.68. The standard InChI is InChI=1S/C21H39N7O11/c1-5-21(36,4-30)7(16-9(26-2)14(34)11(31)6(3-29)38-16)18(37-5)39-17-10(28-20(24)25)12(32)8(27-19(22)23)13(33)15(17)35/h4-18,26,29,31-36H,3H2,1-2H3,(H4,22,23,27)(H4,24,25,28). The summed E-state index contributed by atoms with van der Waals surface area (Å²) in [6, 6.07) is -3.97. The van der Waals surface area contributed by atoms with Crippen LogP contribution in [-0.2, 0) is 19.0 Å². The highest BCUT2D eigenvalue weighted by Crippen LogP contribution is 2.44. The number of nitrogens with two attached hydrogens (primary N) is 3. The maximum atomic E-state index is 12.2. The van der Waals surface area contributed by atoms with E-state index in [0.29, 0.717) is 0 Å². The first kappa shape index (κ1) is 31.3. The van der Waals surface area contributed by atoms with Gasteiger partial charge >= 0.3 is 0 Å². The van der Waals surface area contributed by atoms with Crippen molar-refractivity contribution >= 4 is 18.2 Å². The Labute approximate surface area is 223 Å². The van der Waals surface area contributed by atoms with Crippen LogP contribution in [-0.4, -0.2) is 153 Å². The number of aldehydes is 1. The van der Waals surface area contributed by atoms with Crippen molar-refractivity contribution in [2.75, 3.05) is 13.7 Å². The van der Waals surface area contributed by atoms with Crippen LogP contribution in [0.25, 0.3) is 0 Å². The van der Waals surface area contributed by atoms with Crippen molar-refractivity contribution < 1.29 is 54.8 Å². The number of aliphatic imine (C=N–C) groups is 1. The van der Waals surface area contributed by atoms with Crippen LogP contribution in [0.1, 0.15) is 6.92 Å². The number of carbonyl (C=O) groups is 1. The van der Waals surface area contributed by atoms with Gasteiger partial charge in [-0.05, 0) is 14.0 Å². The van der Waals surface area contributed by atoms with Crippen LogP contribution in [0.4, 0.5) is 0 Å². The van der Waals surface area contributed by atoms with Gasteiger partial charge in [0.05, 0.1) is 36.8 Å². The van der Waals surface area contributed by atoms with Gasteiger partial charge in [0.15, 0.2) is 30.1 Å². The van der Waals surface area contributed by atoms with Gasteiger partial charge in [0.25, 0.3) is 0 Å². The summed E-state index contributed by atoms with van der Waals surface area (Å²) in [5.41, 5.74) is 14.1. The van der Waals surface area contributed by atoms with Crippen LogP contribution in [0.3, 0.4) is 0 Å². The monoisotopic (exact) mass is 565 g/mol. The lowest BCUT2D eigenvalue weighted by atomic mass is 9.76. The van der Waals surface area contributed by atoms with Crippen LogP contribution < -0.4 is 27.8 Å². The van der Waals surface area contributed by atoms with Crippen molar-refractivity contribution in [1.82, 2.24) is 10.6 Å². The number of rotatable bonds is 8. The number of nitrogens with one attached hydrogen (secondary N) is 3. The molecule has 1 saturated carbocycles. The van der Waals surface area contributed by atoms with E-state index in [1.165, 1.54) is 14.0 Å². The summed E-state index contributed by atoms with van der Waals surface area (Å²) in [5, 5.41) is 87.2. The van der Waals surface area contributed by atoms with E-state index < -0.39 is 109 Å². The molecule has 0 aromatic heterocycles. The Morgan fingerprint density at radius 2 is 1.67 bits per heavy atom. The molecular formula is C21H39N7O11. The molecule has 18 heteroatoms. The van der Waals surface area contributed by atoms with Crippen molar-refractivity contribution in [3.05, 3.63) is 0 Å². The molecule has 2 saturated heterocycles. The third kappa shape index (κ3) is 5.68. The Bertz CT molecular complexity index is 913. The molecule has 0 amide bonds. The minimum atomic E-state index is -2.30. The van der Waals surface area contributed by atoms with E-state index in [1.807, 2.05) is 0 Å². The SMILES string of the molecule is CNC1C(O)C(O)C(CO)OC1C1C(OC2C(O)C(O)C(NC(=N)N)C(O)C2N=C(N)N)OC(C)C1(O)C=O. The number of nitrogens with zero attached hydrogens (tertiary/aromatic N) is 1. The van der Waals surface area contributed by atoms with Gasteiger partial charge in [-0.15, -0.1) is 0 Å². The quantitative estimate of drug-likeness (QED) is 0.0738. The summed E-state index contributed by atoms with van der Waals surface area (Å²) in [7, 11) is 1.43. The smallest absolute Gasteiger partial charge is 0.186 e. The number of aliphatic hydroxyl groups is 7. The van der Waals surface area contributed by atoms with Crippen LogP contribution in [0.2, 0.25) is 0 Å². The van der Waals surface area contributed by atoms with E-state index in [-0.39, 0.29) is 6.29 Å². The van der Waals surface area contributed by atoms with Gasteiger partial charge in [-0.3, -0.25) is 5.41 Å². The second kappa shape index (κ2) is 12.1. The number of hydrogen-bond acceptors (Lipinski definition) is 14. The number of guanidine groups is 2. The molecule has 0 radical (unpaired) electrons. The molecule has 2 aliphatic heterocycles. The maximum absolute atomic E-state index is 12.2. The fraction of sp³-hybridized carbons (Fsp3) is 0.857. The molecule has 18 nitrogen and oxygen atoms in total. The Morgan fingerprint density at radius 1 is 1.05 bits per heavy atom. The van der Waals surface area contributed by atoms with E-state index in [9.17, 15) is 40.5 Å². The van der Waals surface area contributed by atoms with Crippen LogP contribution in [0.5, 0.6) is 0 Å². The molecule has 15 unspecified atom stereocenters. The molecule has 1 aliphatic carbocycles. The highest BCUT2D eigenvalue weighted by molar-refractivity contribution is 5.76. The maximum Gasteiger partial charge on any atom is 0.186 e. The number of hydrogen-bond donors (Lipinski definition) is 13. The van der Waals surface area contributed by atoms with Crippen molar-refractivity contribution in [3.63, 3.8) is 0 Å². The summed E-state index contributed by atoms with van der Waals surface area (Å²) in [5.74, 6) is -2.59. The lowest BCUT2D eigenvalue weighted by Crippen LogP contribution is -2.70. The molecule has 0 bridgehead atoms. The van der Waals surface area contributed by atoms with Gasteiger partial charge < -0.3 is 82.6 Å². The minimum Gasteiger partial charge on any atom is -0.394 e. The summed E-state index contributed by atoms with van der Waals surface area (Å²) in [6.07, 6.45) is -15.2. The van der Waals surface area contributed by atoms with Crippen molar-refractivity contribution in [3.8, 4) is 0 Å². The number of ether oxygens (including phenoxy) is 3. The van der Waals surface area contributed by atoms with E-state index in [0.717, 1.165) is 0 Å². The van der Waals surface area contributed by atoms with Gasteiger partial charge in [-0.25, -0.2) is 4.99 Å². The molecule has 0 aromatic carbocycles. The Kier molecular flexibility index (Phi) is 9.71. The molecule has 0 spiro atoms. The van der Waals surface area contributed by atoms with E-state index >= 15 is 0 Å². The molecule has 2 heterocycles. The average Bonchev–Trinajstić information content (AvgIpc) is 3.13. The second-order valence-electron chi connectivity index (χ2n) is 10.00. The molecule has 3 fully saturated rings. The molecule has 3 aliphatic rings. The summed E-state index contributed by atoms with van der Waals surface area (Å²) >= 11 is 0. The third-order valence-corrected chi connectivity index (χ3v) is 7.68. The predicted octanol–water partition coefficient (Wildman–Crippen LogP) is -7.68. The second-order valence-corrected chi connectivity index (χ2v) is 10.00. The van der Waals surface area contributed by atoms with Crippen molar-refractivity contribution in [2.24, 2.45) is 28.1 Å². The first-order valence-corrected chi connectivity index (χ1v) is 12.3. The van der Waals surface area contributed by atoms with Crippen LogP contribution >= 0.6 is 0 Å². The number of aliphatic hydroxyl groups excluding tert-OH is 6. The van der Waals surface area contributed by atoms with Crippen molar-refractivity contribution in [2.45, 2.75) is 91.9 Å². The Morgan fingerprint density at radius 3 is 2.18 bits per heavy atom. The zero-order chi connectivity index (χ0) is 29.4. The Hall–Kier alpha value is -2.23. The molecule has 16 N–H and O–H groups in total. The summed E-state index contributed by atoms with van der Waals surface area (Å²) < 4.78 is 17.5. The summed E-state index contributed by atoms with van der Waals surface area (Å²) in [4.78, 5) is 16.1. The Balaban J connectivity index is 2.03. The van der Waals surface area contributed by atoms with Gasteiger partial charge in [-0.1, -0.05) is 0 Å². The normalized spacial score (nSPS) is 48.3. The minimum absolute atomic E-state index is 0.203. The zero-order valence-electron chi connectivity index (χ0n) is 21.3. The largest absolute Gasteiger partial charge is 0.394 e. The fourth-order valence-corrected chi connectivity index (χ4v) is 5.59. The first-order valence-electron chi connectivity index (χ1n) is 12.3. The van der Waals surface area contributed by atoms with E-state index in [1.54, 1.807) is 0 Å². The fourth-order valence-electron chi connectivity index (χ4n) is 5.59. The average molecular weight is 566 g/mol. The van der Waals surface area contributed by atoms with E-state index in [4.69, 9.17) is 36.8 Å². The molecule has 39 heavy (non-hydrogen) atoms. The van der Waals surface area contributed by atoms with Gasteiger partial charge in [0, 0.05) is 0 Å².